The molecule has 6 heteroatoms. The third-order valence-electron chi connectivity index (χ3n) is 9.83. The summed E-state index contributed by atoms with van der Waals surface area (Å²) < 4.78 is 16.7. The largest absolute Gasteiger partial charge is 0.462 e. The molecule has 0 aromatic heterocycles. The summed E-state index contributed by atoms with van der Waals surface area (Å²) in [6.45, 7) is 6.33. The van der Waals surface area contributed by atoms with Gasteiger partial charge in [-0.3, -0.25) is 14.4 Å². The average Bonchev–Trinajstić information content (AvgIpc) is 3.21. The third kappa shape index (κ3) is 43.8. The van der Waals surface area contributed by atoms with E-state index in [-0.39, 0.29) is 31.1 Å². The molecule has 0 aliphatic rings. The van der Waals surface area contributed by atoms with Gasteiger partial charge in [-0.1, -0.05) is 209 Å². The number of allylic oxidation sites excluding steroid dienone is 12. The Morgan fingerprint density at radius 2 is 0.684 bits per heavy atom. The predicted molar refractivity (Wildman–Crippen MR) is 242 cm³/mol. The van der Waals surface area contributed by atoms with Gasteiger partial charge in [-0.15, -0.1) is 0 Å². The van der Waals surface area contributed by atoms with Gasteiger partial charge in [0.2, 0.25) is 0 Å². The summed E-state index contributed by atoms with van der Waals surface area (Å²) in [6.07, 6.45) is 55.9. The SMILES string of the molecule is CC\C=C/C=C\C=C/CCCCCCCCCC(=O)OCC(COC(=O)CCCCCCCCCCCCC)OC(=O)CCCCCCC\C=C/C=C\C=C/CC. The zero-order valence-corrected chi connectivity index (χ0v) is 37.1. The summed E-state index contributed by atoms with van der Waals surface area (Å²) >= 11 is 0. The van der Waals surface area contributed by atoms with Crippen LogP contribution in [0.15, 0.2) is 72.9 Å². The molecule has 0 fully saturated rings. The van der Waals surface area contributed by atoms with Crippen LogP contribution in [0, 0.1) is 0 Å². The Hall–Kier alpha value is -3.15. The molecule has 0 bridgehead atoms. The predicted octanol–water partition coefficient (Wildman–Crippen LogP) is 15.1. The standard InChI is InChI=1S/C51H86O6/c1-4-7-10-13-16-19-22-24-25-27-29-32-35-38-41-44-50(53)56-47-48(46-55-49(52)43-40-37-34-31-28-21-18-15-12-9-6-3)57-51(54)45-42-39-36-33-30-26-23-20-17-14-11-8-5-2/h7-8,10-11,13-14,16-17,19-20,22-23,48H,4-6,9,12,15,18,21,24-47H2,1-3H3/b10-7-,11-8-,16-13-,17-14-,22-19-,23-20-. The van der Waals surface area contributed by atoms with Crippen LogP contribution in [-0.2, 0) is 28.6 Å². The molecule has 0 saturated heterocycles. The molecular weight excluding hydrogens is 709 g/mol. The van der Waals surface area contributed by atoms with Crippen LogP contribution in [0.5, 0.6) is 0 Å². The smallest absolute Gasteiger partial charge is 0.306 e. The topological polar surface area (TPSA) is 78.9 Å². The molecule has 6 nitrogen and oxygen atoms in total. The quantitative estimate of drug-likeness (QED) is 0.0265. The Labute approximate surface area is 351 Å². The maximum absolute atomic E-state index is 12.7. The fourth-order valence-corrected chi connectivity index (χ4v) is 6.32. The van der Waals surface area contributed by atoms with Crippen LogP contribution in [0.4, 0.5) is 0 Å². The van der Waals surface area contributed by atoms with Crippen LogP contribution < -0.4 is 0 Å². The number of esters is 3. The third-order valence-corrected chi connectivity index (χ3v) is 9.83. The van der Waals surface area contributed by atoms with Gasteiger partial charge >= 0.3 is 17.9 Å². The van der Waals surface area contributed by atoms with Crippen LogP contribution in [0.1, 0.15) is 213 Å². The Balaban J connectivity index is 4.42. The lowest BCUT2D eigenvalue weighted by Crippen LogP contribution is -2.30. The van der Waals surface area contributed by atoms with Crippen molar-refractivity contribution in [2.24, 2.45) is 0 Å². The van der Waals surface area contributed by atoms with Gasteiger partial charge in [0.25, 0.3) is 0 Å². The number of carbonyl (C=O) groups is 3. The molecule has 0 N–H and O–H groups in total. The minimum absolute atomic E-state index is 0.0870. The highest BCUT2D eigenvalue weighted by Crippen LogP contribution is 2.14. The maximum Gasteiger partial charge on any atom is 0.306 e. The highest BCUT2D eigenvalue weighted by Gasteiger charge is 2.19. The normalized spacial score (nSPS) is 12.7. The molecule has 0 radical (unpaired) electrons. The van der Waals surface area contributed by atoms with Gasteiger partial charge in [-0.2, -0.15) is 0 Å². The number of rotatable bonds is 41. The molecule has 0 rings (SSSR count). The van der Waals surface area contributed by atoms with Crippen molar-refractivity contribution in [3.63, 3.8) is 0 Å². The molecule has 0 aromatic carbocycles. The number of hydrogen-bond donors (Lipinski definition) is 0. The lowest BCUT2D eigenvalue weighted by atomic mass is 10.1. The van der Waals surface area contributed by atoms with Crippen LogP contribution in [0.3, 0.4) is 0 Å². The van der Waals surface area contributed by atoms with Crippen molar-refractivity contribution in [3.05, 3.63) is 72.9 Å². The second kappa shape index (κ2) is 45.6. The molecule has 1 atom stereocenters. The van der Waals surface area contributed by atoms with Crippen LogP contribution >= 0.6 is 0 Å². The second-order valence-corrected chi connectivity index (χ2v) is 15.4. The van der Waals surface area contributed by atoms with Gasteiger partial charge in [-0.05, 0) is 57.8 Å². The fraction of sp³-hybridized carbons (Fsp3) is 0.706. The highest BCUT2D eigenvalue weighted by molar-refractivity contribution is 5.71. The molecule has 0 saturated carbocycles. The van der Waals surface area contributed by atoms with Gasteiger partial charge in [-0.25, -0.2) is 0 Å². The Bertz CT molecular complexity index is 1100. The molecule has 0 aliphatic heterocycles. The van der Waals surface area contributed by atoms with Gasteiger partial charge < -0.3 is 14.2 Å². The second-order valence-electron chi connectivity index (χ2n) is 15.4. The molecule has 0 heterocycles. The van der Waals surface area contributed by atoms with Gasteiger partial charge in [0, 0.05) is 19.3 Å². The monoisotopic (exact) mass is 795 g/mol. The molecule has 326 valence electrons. The van der Waals surface area contributed by atoms with E-state index in [0.717, 1.165) is 96.3 Å². The van der Waals surface area contributed by atoms with E-state index in [9.17, 15) is 14.4 Å². The van der Waals surface area contributed by atoms with Gasteiger partial charge in [0.05, 0.1) is 0 Å². The van der Waals surface area contributed by atoms with E-state index in [4.69, 9.17) is 14.2 Å². The van der Waals surface area contributed by atoms with E-state index in [0.29, 0.717) is 19.3 Å². The molecule has 0 amide bonds. The van der Waals surface area contributed by atoms with E-state index in [2.05, 4.69) is 93.7 Å². The number of hydrogen-bond acceptors (Lipinski definition) is 6. The van der Waals surface area contributed by atoms with Crippen molar-refractivity contribution in [2.75, 3.05) is 13.2 Å². The molecule has 0 spiro atoms. The Morgan fingerprint density at radius 1 is 0.368 bits per heavy atom. The van der Waals surface area contributed by atoms with Crippen LogP contribution in [0.2, 0.25) is 0 Å². The first-order chi connectivity index (χ1) is 28.0. The van der Waals surface area contributed by atoms with Crippen LogP contribution in [-0.4, -0.2) is 37.2 Å². The first-order valence-corrected chi connectivity index (χ1v) is 23.5. The average molecular weight is 795 g/mol. The minimum Gasteiger partial charge on any atom is -0.462 e. The molecule has 57 heavy (non-hydrogen) atoms. The summed E-state index contributed by atoms with van der Waals surface area (Å²) in [7, 11) is 0. The van der Waals surface area contributed by atoms with Crippen molar-refractivity contribution >= 4 is 17.9 Å². The number of ether oxygens (including phenoxy) is 3. The molecule has 0 aromatic rings. The summed E-state index contributed by atoms with van der Waals surface area (Å²) in [5.74, 6) is -0.924. The van der Waals surface area contributed by atoms with Crippen molar-refractivity contribution in [1.29, 1.82) is 0 Å². The van der Waals surface area contributed by atoms with Crippen LogP contribution in [0.25, 0.3) is 0 Å². The van der Waals surface area contributed by atoms with Gasteiger partial charge in [0.15, 0.2) is 6.10 Å². The lowest BCUT2D eigenvalue weighted by Gasteiger charge is -2.18. The van der Waals surface area contributed by atoms with E-state index in [1.165, 1.54) is 77.0 Å². The van der Waals surface area contributed by atoms with Crippen molar-refractivity contribution < 1.29 is 28.6 Å². The van der Waals surface area contributed by atoms with E-state index in [1.807, 2.05) is 0 Å². The molecule has 1 unspecified atom stereocenters. The summed E-state index contributed by atoms with van der Waals surface area (Å²) in [4.78, 5) is 37.8. The first-order valence-electron chi connectivity index (χ1n) is 23.5. The van der Waals surface area contributed by atoms with Crippen molar-refractivity contribution in [2.45, 2.75) is 219 Å². The Kier molecular flexibility index (Phi) is 43.0. The molecule has 0 aliphatic carbocycles. The molecular formula is C51H86O6. The first kappa shape index (κ1) is 53.9. The van der Waals surface area contributed by atoms with Gasteiger partial charge in [0.1, 0.15) is 13.2 Å². The summed E-state index contributed by atoms with van der Waals surface area (Å²) in [5.41, 5.74) is 0. The summed E-state index contributed by atoms with van der Waals surface area (Å²) in [5, 5.41) is 0. The zero-order chi connectivity index (χ0) is 41.5. The summed E-state index contributed by atoms with van der Waals surface area (Å²) in [6, 6.07) is 0. The van der Waals surface area contributed by atoms with E-state index in [1.54, 1.807) is 0 Å². The van der Waals surface area contributed by atoms with Crippen molar-refractivity contribution in [1.82, 2.24) is 0 Å². The lowest BCUT2D eigenvalue weighted by molar-refractivity contribution is -0.167. The highest BCUT2D eigenvalue weighted by atomic mass is 16.6. The minimum atomic E-state index is -0.787. The maximum atomic E-state index is 12.7. The number of carbonyl (C=O) groups excluding carboxylic acids is 3. The Morgan fingerprint density at radius 3 is 1.05 bits per heavy atom. The van der Waals surface area contributed by atoms with E-state index < -0.39 is 6.10 Å². The van der Waals surface area contributed by atoms with Crippen molar-refractivity contribution in [3.8, 4) is 0 Å². The number of unbranched alkanes of at least 4 members (excludes halogenated alkanes) is 22. The zero-order valence-electron chi connectivity index (χ0n) is 37.1. The fourth-order valence-electron chi connectivity index (χ4n) is 6.32. The van der Waals surface area contributed by atoms with E-state index >= 15 is 0 Å².